The minimum Gasteiger partial charge on any atom is -0.382 e. The highest BCUT2D eigenvalue weighted by Crippen LogP contribution is 2.16. The van der Waals surface area contributed by atoms with Crippen LogP contribution in [-0.2, 0) is 9.47 Å². The fourth-order valence-electron chi connectivity index (χ4n) is 3.43. The maximum Gasteiger partial charge on any atom is 0.193 e. The Morgan fingerprint density at radius 3 is 2.52 bits per heavy atom. The van der Waals surface area contributed by atoms with E-state index in [1.807, 2.05) is 0 Å². The Morgan fingerprint density at radius 1 is 1.15 bits per heavy atom. The van der Waals surface area contributed by atoms with Crippen LogP contribution in [0.3, 0.4) is 0 Å². The summed E-state index contributed by atoms with van der Waals surface area (Å²) in [4.78, 5) is 9.83. The lowest BCUT2D eigenvalue weighted by Gasteiger charge is -2.23. The summed E-state index contributed by atoms with van der Waals surface area (Å²) >= 11 is 0. The predicted molar refractivity (Wildman–Crippen MR) is 125 cm³/mol. The molecule has 0 radical (unpaired) electrons. The highest BCUT2D eigenvalue weighted by molar-refractivity contribution is 14.0. The number of halogens is 1. The number of rotatable bonds is 14. The Kier molecular flexibility index (Phi) is 17.9. The van der Waals surface area contributed by atoms with Crippen molar-refractivity contribution >= 4 is 29.9 Å². The molecule has 7 heteroatoms. The summed E-state index contributed by atoms with van der Waals surface area (Å²) in [5.41, 5.74) is 0. The monoisotopic (exact) mass is 498 g/mol. The van der Waals surface area contributed by atoms with Crippen LogP contribution >= 0.6 is 24.0 Å². The number of nitrogens with one attached hydrogen (secondary N) is 1. The lowest BCUT2D eigenvalue weighted by atomic mass is 10.1. The zero-order chi connectivity index (χ0) is 19.0. The molecule has 0 spiro atoms. The Morgan fingerprint density at radius 2 is 1.89 bits per heavy atom. The first-order valence-electron chi connectivity index (χ1n) is 10.6. The van der Waals surface area contributed by atoms with Crippen molar-refractivity contribution in [2.45, 2.75) is 46.5 Å². The van der Waals surface area contributed by atoms with E-state index >= 15 is 0 Å². The van der Waals surface area contributed by atoms with Gasteiger partial charge < -0.3 is 24.6 Å². The molecule has 1 heterocycles. The summed E-state index contributed by atoms with van der Waals surface area (Å²) in [7, 11) is 1.71. The van der Waals surface area contributed by atoms with E-state index in [0.717, 1.165) is 51.7 Å². The molecule has 1 atom stereocenters. The zero-order valence-electron chi connectivity index (χ0n) is 18.0. The Labute approximate surface area is 184 Å². The van der Waals surface area contributed by atoms with Gasteiger partial charge in [-0.15, -0.1) is 24.0 Å². The van der Waals surface area contributed by atoms with Crippen molar-refractivity contribution in [1.82, 2.24) is 15.1 Å². The van der Waals surface area contributed by atoms with E-state index in [4.69, 9.17) is 14.5 Å². The molecule has 1 rings (SSSR count). The standard InChI is InChI=1S/C20H42N4O2.HI/c1-5-11-23(12-6-2)13-8-10-22-20(21-7-3)24-14-9-19(17-24)18-26-16-15-25-4;/h19H,5-18H2,1-4H3,(H,21,22);1H. The van der Waals surface area contributed by atoms with Gasteiger partial charge in [0.2, 0.25) is 0 Å². The van der Waals surface area contributed by atoms with Gasteiger partial charge in [0.1, 0.15) is 0 Å². The van der Waals surface area contributed by atoms with Gasteiger partial charge in [-0.3, -0.25) is 4.99 Å². The quantitative estimate of drug-likeness (QED) is 0.173. The number of aliphatic imine (C=N–C) groups is 1. The molecule has 0 saturated carbocycles. The minimum atomic E-state index is 0. The van der Waals surface area contributed by atoms with Crippen LogP contribution in [-0.4, -0.2) is 88.5 Å². The third kappa shape index (κ3) is 12.1. The van der Waals surface area contributed by atoms with Crippen LogP contribution in [0.15, 0.2) is 4.99 Å². The fraction of sp³-hybridized carbons (Fsp3) is 0.950. The summed E-state index contributed by atoms with van der Waals surface area (Å²) < 4.78 is 10.7. The lowest BCUT2D eigenvalue weighted by Crippen LogP contribution is -2.40. The lowest BCUT2D eigenvalue weighted by molar-refractivity contribution is 0.0536. The molecule has 0 aromatic carbocycles. The van der Waals surface area contributed by atoms with Crippen LogP contribution in [0.5, 0.6) is 0 Å². The van der Waals surface area contributed by atoms with Crippen molar-refractivity contribution in [3.8, 4) is 0 Å². The van der Waals surface area contributed by atoms with E-state index in [9.17, 15) is 0 Å². The van der Waals surface area contributed by atoms with Crippen LogP contribution in [0.1, 0.15) is 46.5 Å². The molecular weight excluding hydrogens is 455 g/mol. The minimum absolute atomic E-state index is 0. The van der Waals surface area contributed by atoms with Gasteiger partial charge in [0, 0.05) is 39.2 Å². The van der Waals surface area contributed by atoms with E-state index in [1.54, 1.807) is 7.11 Å². The van der Waals surface area contributed by atoms with Crippen LogP contribution < -0.4 is 5.32 Å². The van der Waals surface area contributed by atoms with E-state index < -0.39 is 0 Å². The van der Waals surface area contributed by atoms with Crippen molar-refractivity contribution in [2.75, 3.05) is 72.7 Å². The van der Waals surface area contributed by atoms with Gasteiger partial charge in [0.25, 0.3) is 0 Å². The first-order chi connectivity index (χ1) is 12.7. The van der Waals surface area contributed by atoms with Gasteiger partial charge in [0.15, 0.2) is 5.96 Å². The molecule has 1 N–H and O–H groups in total. The van der Waals surface area contributed by atoms with Gasteiger partial charge >= 0.3 is 0 Å². The number of methoxy groups -OCH3 is 1. The summed E-state index contributed by atoms with van der Waals surface area (Å²) in [6, 6.07) is 0. The van der Waals surface area contributed by atoms with E-state index in [0.29, 0.717) is 19.1 Å². The Balaban J connectivity index is 0.00000676. The normalized spacial score (nSPS) is 17.4. The van der Waals surface area contributed by atoms with Gasteiger partial charge in [0.05, 0.1) is 19.8 Å². The van der Waals surface area contributed by atoms with Crippen LogP contribution in [0.4, 0.5) is 0 Å². The van der Waals surface area contributed by atoms with Crippen molar-refractivity contribution in [2.24, 2.45) is 10.9 Å². The topological polar surface area (TPSA) is 49.3 Å². The molecule has 1 unspecified atom stereocenters. The second-order valence-corrected chi connectivity index (χ2v) is 7.10. The van der Waals surface area contributed by atoms with Crippen molar-refractivity contribution in [3.63, 3.8) is 0 Å². The van der Waals surface area contributed by atoms with Crippen molar-refractivity contribution in [1.29, 1.82) is 0 Å². The van der Waals surface area contributed by atoms with E-state index in [1.165, 1.54) is 32.4 Å². The van der Waals surface area contributed by atoms with Crippen LogP contribution in [0.2, 0.25) is 0 Å². The summed E-state index contributed by atoms with van der Waals surface area (Å²) in [6.45, 7) is 16.3. The largest absolute Gasteiger partial charge is 0.382 e. The molecule has 1 aliphatic heterocycles. The highest BCUT2D eigenvalue weighted by Gasteiger charge is 2.24. The van der Waals surface area contributed by atoms with Gasteiger partial charge in [-0.25, -0.2) is 0 Å². The maximum absolute atomic E-state index is 5.70. The van der Waals surface area contributed by atoms with E-state index in [2.05, 4.69) is 35.9 Å². The molecule has 0 aliphatic carbocycles. The molecule has 162 valence electrons. The number of hydrogen-bond acceptors (Lipinski definition) is 4. The van der Waals surface area contributed by atoms with Crippen molar-refractivity contribution < 1.29 is 9.47 Å². The predicted octanol–water partition coefficient (Wildman–Crippen LogP) is 3.07. The first kappa shape index (κ1) is 26.9. The third-order valence-corrected chi connectivity index (χ3v) is 4.68. The zero-order valence-corrected chi connectivity index (χ0v) is 20.4. The molecule has 0 bridgehead atoms. The molecule has 1 aliphatic rings. The number of nitrogens with zero attached hydrogens (tertiary/aromatic N) is 3. The van der Waals surface area contributed by atoms with E-state index in [-0.39, 0.29) is 24.0 Å². The van der Waals surface area contributed by atoms with Crippen LogP contribution in [0.25, 0.3) is 0 Å². The Bertz CT molecular complexity index is 366. The van der Waals surface area contributed by atoms with Gasteiger partial charge in [-0.05, 0) is 52.2 Å². The maximum atomic E-state index is 5.70. The second kappa shape index (κ2) is 17.9. The molecule has 6 nitrogen and oxygen atoms in total. The number of likely N-dealkylation sites (tertiary alicyclic amines) is 1. The third-order valence-electron chi connectivity index (χ3n) is 4.68. The van der Waals surface area contributed by atoms with Crippen LogP contribution in [0, 0.1) is 5.92 Å². The second-order valence-electron chi connectivity index (χ2n) is 7.10. The number of hydrogen-bond donors (Lipinski definition) is 1. The van der Waals surface area contributed by atoms with Crippen molar-refractivity contribution in [3.05, 3.63) is 0 Å². The SMILES string of the molecule is CCCN(CCC)CCCN=C(NCC)N1CCC(COCCOC)C1.I. The summed E-state index contributed by atoms with van der Waals surface area (Å²) in [6.07, 6.45) is 4.77. The summed E-state index contributed by atoms with van der Waals surface area (Å²) in [5, 5.41) is 3.46. The first-order valence-corrected chi connectivity index (χ1v) is 10.6. The summed E-state index contributed by atoms with van der Waals surface area (Å²) in [5.74, 6) is 1.67. The highest BCUT2D eigenvalue weighted by atomic mass is 127. The van der Waals surface area contributed by atoms with Gasteiger partial charge in [-0.1, -0.05) is 13.8 Å². The number of guanidine groups is 1. The molecule has 0 aromatic rings. The molecule has 0 amide bonds. The molecule has 1 fully saturated rings. The fourth-order valence-corrected chi connectivity index (χ4v) is 3.43. The Hall–Kier alpha value is -0.120. The average molecular weight is 498 g/mol. The molecule has 0 aromatic heterocycles. The molecule has 1 saturated heterocycles. The molecule has 27 heavy (non-hydrogen) atoms. The average Bonchev–Trinajstić information content (AvgIpc) is 3.10. The van der Waals surface area contributed by atoms with Gasteiger partial charge in [-0.2, -0.15) is 0 Å². The smallest absolute Gasteiger partial charge is 0.193 e. The number of ether oxygens (including phenoxy) is 2. The molecular formula is C20H43IN4O2.